The van der Waals surface area contributed by atoms with Crippen molar-refractivity contribution in [2.75, 3.05) is 60.0 Å². The molecule has 0 fully saturated rings. The number of hydrogen-bond acceptors (Lipinski definition) is 5. The lowest BCUT2D eigenvalue weighted by Crippen LogP contribution is -2.42. The van der Waals surface area contributed by atoms with Crippen molar-refractivity contribution in [1.82, 2.24) is 20.4 Å². The summed E-state index contributed by atoms with van der Waals surface area (Å²) >= 11 is 0. The summed E-state index contributed by atoms with van der Waals surface area (Å²) in [5, 5.41) is 6.90. The SMILES string of the molecule is CCN(CC)CCCC(C)NC(=NC)NCc1ccc(OCCN(CC)CC)c(OC)c1.I. The first-order valence-electron chi connectivity index (χ1n) is 12.2. The van der Waals surface area contributed by atoms with Crippen LogP contribution in [-0.4, -0.2) is 81.8 Å². The summed E-state index contributed by atoms with van der Waals surface area (Å²) < 4.78 is 11.5. The molecule has 1 unspecified atom stereocenters. The zero-order chi connectivity index (χ0) is 23.8. The molecule has 8 heteroatoms. The predicted molar refractivity (Wildman–Crippen MR) is 152 cm³/mol. The third-order valence-electron chi connectivity index (χ3n) is 5.86. The summed E-state index contributed by atoms with van der Waals surface area (Å²) in [6, 6.07) is 6.46. The van der Waals surface area contributed by atoms with Crippen LogP contribution in [0.5, 0.6) is 11.5 Å². The van der Waals surface area contributed by atoms with Gasteiger partial charge < -0.3 is 29.9 Å². The van der Waals surface area contributed by atoms with Gasteiger partial charge in [0.2, 0.25) is 0 Å². The summed E-state index contributed by atoms with van der Waals surface area (Å²) in [6.45, 7) is 18.7. The molecule has 0 spiro atoms. The zero-order valence-electron chi connectivity index (χ0n) is 21.9. The van der Waals surface area contributed by atoms with E-state index in [0.29, 0.717) is 19.2 Å². The van der Waals surface area contributed by atoms with Crippen LogP contribution in [0.15, 0.2) is 23.2 Å². The molecule has 1 atom stereocenters. The van der Waals surface area contributed by atoms with Gasteiger partial charge in [-0.25, -0.2) is 0 Å². The van der Waals surface area contributed by atoms with Crippen LogP contribution >= 0.6 is 24.0 Å². The monoisotopic (exact) mass is 577 g/mol. The van der Waals surface area contributed by atoms with E-state index in [9.17, 15) is 0 Å². The van der Waals surface area contributed by atoms with Gasteiger partial charge in [0.15, 0.2) is 17.5 Å². The minimum atomic E-state index is 0. The Bertz CT molecular complexity index is 652. The van der Waals surface area contributed by atoms with Crippen molar-refractivity contribution in [2.24, 2.45) is 4.99 Å². The highest BCUT2D eigenvalue weighted by Crippen LogP contribution is 2.28. The van der Waals surface area contributed by atoms with Gasteiger partial charge in [-0.3, -0.25) is 4.99 Å². The maximum atomic E-state index is 5.96. The molecular weight excluding hydrogens is 529 g/mol. The van der Waals surface area contributed by atoms with Crippen LogP contribution in [0.3, 0.4) is 0 Å². The molecule has 7 nitrogen and oxygen atoms in total. The molecule has 0 saturated carbocycles. The Balaban J connectivity index is 0.0000102. The Morgan fingerprint density at radius 1 is 1.00 bits per heavy atom. The minimum Gasteiger partial charge on any atom is -0.493 e. The molecule has 0 amide bonds. The number of rotatable bonds is 16. The predicted octanol–water partition coefficient (Wildman–Crippen LogP) is 4.21. The summed E-state index contributed by atoms with van der Waals surface area (Å²) in [7, 11) is 3.50. The Kier molecular flexibility index (Phi) is 18.4. The van der Waals surface area contributed by atoms with E-state index in [1.807, 2.05) is 19.2 Å². The van der Waals surface area contributed by atoms with Crippen LogP contribution in [0, 0.1) is 0 Å². The van der Waals surface area contributed by atoms with Crippen LogP contribution in [0.25, 0.3) is 0 Å². The zero-order valence-corrected chi connectivity index (χ0v) is 24.3. The molecule has 0 heterocycles. The molecule has 0 aliphatic carbocycles. The molecular formula is C25H48IN5O2. The molecule has 192 valence electrons. The Morgan fingerprint density at radius 2 is 1.64 bits per heavy atom. The van der Waals surface area contributed by atoms with Crippen molar-refractivity contribution in [2.45, 2.75) is 60.0 Å². The van der Waals surface area contributed by atoms with Crippen molar-refractivity contribution >= 4 is 29.9 Å². The first-order valence-corrected chi connectivity index (χ1v) is 12.2. The highest BCUT2D eigenvalue weighted by atomic mass is 127. The summed E-state index contributed by atoms with van der Waals surface area (Å²) in [4.78, 5) is 9.18. The van der Waals surface area contributed by atoms with Gasteiger partial charge in [0, 0.05) is 26.2 Å². The van der Waals surface area contributed by atoms with E-state index in [1.165, 1.54) is 6.42 Å². The number of aliphatic imine (C=N–C) groups is 1. The van der Waals surface area contributed by atoms with E-state index >= 15 is 0 Å². The third kappa shape index (κ3) is 12.7. The van der Waals surface area contributed by atoms with Crippen LogP contribution in [-0.2, 0) is 6.54 Å². The van der Waals surface area contributed by atoms with E-state index in [4.69, 9.17) is 9.47 Å². The van der Waals surface area contributed by atoms with E-state index in [0.717, 1.165) is 68.7 Å². The van der Waals surface area contributed by atoms with Crippen LogP contribution < -0.4 is 20.1 Å². The van der Waals surface area contributed by atoms with Crippen molar-refractivity contribution in [3.8, 4) is 11.5 Å². The number of likely N-dealkylation sites (N-methyl/N-ethyl adjacent to an activating group) is 1. The van der Waals surface area contributed by atoms with Crippen LogP contribution in [0.1, 0.15) is 53.0 Å². The van der Waals surface area contributed by atoms with Crippen molar-refractivity contribution in [1.29, 1.82) is 0 Å². The average Bonchev–Trinajstić information content (AvgIpc) is 2.82. The number of nitrogens with zero attached hydrogens (tertiary/aromatic N) is 3. The van der Waals surface area contributed by atoms with E-state index in [2.05, 4.69) is 66.1 Å². The maximum Gasteiger partial charge on any atom is 0.191 e. The highest BCUT2D eigenvalue weighted by Gasteiger charge is 2.09. The quantitative estimate of drug-likeness (QED) is 0.175. The van der Waals surface area contributed by atoms with Crippen molar-refractivity contribution < 1.29 is 9.47 Å². The summed E-state index contributed by atoms with van der Waals surface area (Å²) in [5.74, 6) is 2.36. The molecule has 0 radical (unpaired) electrons. The molecule has 0 aliphatic rings. The number of nitrogens with one attached hydrogen (secondary N) is 2. The molecule has 2 N–H and O–H groups in total. The van der Waals surface area contributed by atoms with E-state index < -0.39 is 0 Å². The number of methoxy groups -OCH3 is 1. The number of ether oxygens (including phenoxy) is 2. The lowest BCUT2D eigenvalue weighted by molar-refractivity contribution is 0.217. The van der Waals surface area contributed by atoms with Gasteiger partial charge in [-0.1, -0.05) is 33.8 Å². The third-order valence-corrected chi connectivity index (χ3v) is 5.86. The van der Waals surface area contributed by atoms with Gasteiger partial charge >= 0.3 is 0 Å². The van der Waals surface area contributed by atoms with Gasteiger partial charge in [-0.15, -0.1) is 24.0 Å². The fourth-order valence-corrected chi connectivity index (χ4v) is 3.61. The summed E-state index contributed by atoms with van der Waals surface area (Å²) in [6.07, 6.45) is 2.30. The van der Waals surface area contributed by atoms with Crippen LogP contribution in [0.4, 0.5) is 0 Å². The number of halogens is 1. The molecule has 1 aromatic carbocycles. The molecule has 1 rings (SSSR count). The van der Waals surface area contributed by atoms with Crippen molar-refractivity contribution in [3.63, 3.8) is 0 Å². The average molecular weight is 578 g/mol. The smallest absolute Gasteiger partial charge is 0.191 e. The number of guanidine groups is 1. The second-order valence-electron chi connectivity index (χ2n) is 8.00. The molecule has 1 aromatic rings. The first kappa shape index (κ1) is 31.7. The molecule has 0 aliphatic heterocycles. The first-order chi connectivity index (χ1) is 15.5. The van der Waals surface area contributed by atoms with Gasteiger partial charge in [0.1, 0.15) is 6.61 Å². The Hall–Kier alpha value is -1.26. The molecule has 0 bridgehead atoms. The van der Waals surface area contributed by atoms with Gasteiger partial charge in [0.05, 0.1) is 7.11 Å². The molecule has 0 saturated heterocycles. The molecule has 33 heavy (non-hydrogen) atoms. The standard InChI is InChI=1S/C25H47N5O2.HI/c1-8-29(9-2)16-12-13-21(5)28-25(26-6)27-20-22-14-15-23(24(19-22)31-7)32-18-17-30(10-3)11-4;/h14-15,19,21H,8-13,16-18,20H2,1-7H3,(H2,26,27,28);1H. The van der Waals surface area contributed by atoms with E-state index in [-0.39, 0.29) is 24.0 Å². The fourth-order valence-electron chi connectivity index (χ4n) is 3.61. The molecule has 0 aromatic heterocycles. The Labute approximate surface area is 219 Å². The van der Waals surface area contributed by atoms with Gasteiger partial charge in [0.25, 0.3) is 0 Å². The second-order valence-corrected chi connectivity index (χ2v) is 8.00. The van der Waals surface area contributed by atoms with Crippen molar-refractivity contribution in [3.05, 3.63) is 23.8 Å². The van der Waals surface area contributed by atoms with Gasteiger partial charge in [-0.05, 0) is 70.2 Å². The maximum absolute atomic E-state index is 5.96. The Morgan fingerprint density at radius 3 is 2.21 bits per heavy atom. The van der Waals surface area contributed by atoms with E-state index in [1.54, 1.807) is 7.11 Å². The lowest BCUT2D eigenvalue weighted by Gasteiger charge is -2.21. The second kappa shape index (κ2) is 19.1. The van der Waals surface area contributed by atoms with Gasteiger partial charge in [-0.2, -0.15) is 0 Å². The summed E-state index contributed by atoms with van der Waals surface area (Å²) in [5.41, 5.74) is 1.12. The lowest BCUT2D eigenvalue weighted by atomic mass is 10.1. The van der Waals surface area contributed by atoms with Crippen LogP contribution in [0.2, 0.25) is 0 Å². The topological polar surface area (TPSA) is 61.4 Å². The number of benzene rings is 1. The minimum absolute atomic E-state index is 0. The highest BCUT2D eigenvalue weighted by molar-refractivity contribution is 14.0. The largest absolute Gasteiger partial charge is 0.493 e. The normalized spacial score (nSPS) is 12.5. The fraction of sp³-hybridized carbons (Fsp3) is 0.720. The number of hydrogen-bond donors (Lipinski definition) is 2.